The molecule has 0 aromatic carbocycles. The van der Waals surface area contributed by atoms with Crippen LogP contribution in [-0.2, 0) is 9.53 Å². The predicted molar refractivity (Wildman–Crippen MR) is 70.1 cm³/mol. The van der Waals surface area contributed by atoms with E-state index in [4.69, 9.17) is 4.74 Å². The van der Waals surface area contributed by atoms with Crippen LogP contribution >= 0.6 is 0 Å². The average Bonchev–Trinajstić information content (AvgIpc) is 2.28. The first-order valence-corrected chi connectivity index (χ1v) is 6.90. The van der Waals surface area contributed by atoms with E-state index in [2.05, 4.69) is 18.7 Å². The SMILES string of the molecule is CC(=O)C1CCCN(CCOCCC(C)C)C1. The Labute approximate surface area is 106 Å². The standard InChI is InChI=1S/C14H27NO2/c1-12(2)6-9-17-10-8-15-7-4-5-14(11-15)13(3)16/h12,14H,4-11H2,1-3H3. The summed E-state index contributed by atoms with van der Waals surface area (Å²) in [7, 11) is 0. The molecule has 0 saturated carbocycles. The molecule has 1 saturated heterocycles. The van der Waals surface area contributed by atoms with Gasteiger partial charge in [-0.1, -0.05) is 13.8 Å². The number of carbonyl (C=O) groups excluding carboxylic acids is 1. The highest BCUT2D eigenvalue weighted by molar-refractivity contribution is 5.78. The zero-order valence-corrected chi connectivity index (χ0v) is 11.6. The Morgan fingerprint density at radius 1 is 1.41 bits per heavy atom. The fourth-order valence-electron chi connectivity index (χ4n) is 2.21. The Kier molecular flexibility index (Phi) is 6.75. The van der Waals surface area contributed by atoms with Gasteiger partial charge in [0.1, 0.15) is 5.78 Å². The van der Waals surface area contributed by atoms with Crippen molar-refractivity contribution < 1.29 is 9.53 Å². The third-order valence-corrected chi connectivity index (χ3v) is 3.47. The van der Waals surface area contributed by atoms with E-state index < -0.39 is 0 Å². The molecule has 0 N–H and O–H groups in total. The van der Waals surface area contributed by atoms with Gasteiger partial charge in [-0.2, -0.15) is 0 Å². The van der Waals surface area contributed by atoms with Crippen LogP contribution in [0.5, 0.6) is 0 Å². The second-order valence-electron chi connectivity index (χ2n) is 5.55. The second-order valence-corrected chi connectivity index (χ2v) is 5.55. The molecule has 0 bridgehead atoms. The lowest BCUT2D eigenvalue weighted by atomic mass is 9.95. The van der Waals surface area contributed by atoms with Crippen molar-refractivity contribution in [2.24, 2.45) is 11.8 Å². The third-order valence-electron chi connectivity index (χ3n) is 3.47. The van der Waals surface area contributed by atoms with Crippen LogP contribution in [-0.4, -0.2) is 43.5 Å². The third kappa shape index (κ3) is 6.18. The van der Waals surface area contributed by atoms with Crippen molar-refractivity contribution in [3.05, 3.63) is 0 Å². The fraction of sp³-hybridized carbons (Fsp3) is 0.929. The minimum atomic E-state index is 0.263. The highest BCUT2D eigenvalue weighted by atomic mass is 16.5. The first-order chi connectivity index (χ1) is 8.09. The first kappa shape index (κ1) is 14.7. The Bertz CT molecular complexity index is 228. The summed E-state index contributed by atoms with van der Waals surface area (Å²) in [6, 6.07) is 0. The highest BCUT2D eigenvalue weighted by Crippen LogP contribution is 2.16. The zero-order chi connectivity index (χ0) is 12.7. The summed E-state index contributed by atoms with van der Waals surface area (Å²) < 4.78 is 5.62. The van der Waals surface area contributed by atoms with Crippen molar-refractivity contribution in [2.75, 3.05) is 32.8 Å². The lowest BCUT2D eigenvalue weighted by Gasteiger charge is -2.31. The average molecular weight is 241 g/mol. The molecule has 0 aromatic rings. The maximum Gasteiger partial charge on any atom is 0.134 e. The molecule has 1 atom stereocenters. The summed E-state index contributed by atoms with van der Waals surface area (Å²) in [6.45, 7) is 10.8. The van der Waals surface area contributed by atoms with Crippen LogP contribution in [0.15, 0.2) is 0 Å². The molecule has 17 heavy (non-hydrogen) atoms. The van der Waals surface area contributed by atoms with E-state index >= 15 is 0 Å². The number of hydrogen-bond donors (Lipinski definition) is 0. The molecule has 0 radical (unpaired) electrons. The number of hydrogen-bond acceptors (Lipinski definition) is 3. The van der Waals surface area contributed by atoms with Crippen LogP contribution in [0.4, 0.5) is 0 Å². The van der Waals surface area contributed by atoms with Gasteiger partial charge in [-0.3, -0.25) is 4.79 Å². The number of ether oxygens (including phenoxy) is 1. The Balaban J connectivity index is 2.08. The van der Waals surface area contributed by atoms with Crippen molar-refractivity contribution in [3.8, 4) is 0 Å². The van der Waals surface area contributed by atoms with Gasteiger partial charge < -0.3 is 9.64 Å². The Morgan fingerprint density at radius 2 is 2.18 bits per heavy atom. The van der Waals surface area contributed by atoms with Gasteiger partial charge in [0.2, 0.25) is 0 Å². The van der Waals surface area contributed by atoms with E-state index in [-0.39, 0.29) is 5.92 Å². The molecule has 3 heteroatoms. The number of nitrogens with zero attached hydrogens (tertiary/aromatic N) is 1. The second kappa shape index (κ2) is 7.83. The number of rotatable bonds is 7. The molecule has 1 rings (SSSR count). The summed E-state index contributed by atoms with van der Waals surface area (Å²) in [6.07, 6.45) is 3.35. The largest absolute Gasteiger partial charge is 0.380 e. The lowest BCUT2D eigenvalue weighted by molar-refractivity contribution is -0.122. The molecule has 100 valence electrons. The van der Waals surface area contributed by atoms with E-state index in [0.717, 1.165) is 52.1 Å². The molecule has 0 aromatic heterocycles. The normalized spacial score (nSPS) is 22.0. The number of ketones is 1. The van der Waals surface area contributed by atoms with Gasteiger partial charge in [0.05, 0.1) is 6.61 Å². The molecule has 1 fully saturated rings. The molecule has 0 amide bonds. The van der Waals surface area contributed by atoms with Crippen LogP contribution < -0.4 is 0 Å². The quantitative estimate of drug-likeness (QED) is 0.641. The van der Waals surface area contributed by atoms with E-state index in [1.807, 2.05) is 0 Å². The van der Waals surface area contributed by atoms with Gasteiger partial charge in [0.25, 0.3) is 0 Å². The van der Waals surface area contributed by atoms with Crippen molar-refractivity contribution in [1.29, 1.82) is 0 Å². The smallest absolute Gasteiger partial charge is 0.134 e. The Hall–Kier alpha value is -0.410. The summed E-state index contributed by atoms with van der Waals surface area (Å²) in [5.41, 5.74) is 0. The molecular formula is C14H27NO2. The van der Waals surface area contributed by atoms with E-state index in [0.29, 0.717) is 11.7 Å². The maximum atomic E-state index is 11.3. The summed E-state index contributed by atoms with van der Waals surface area (Å²) in [4.78, 5) is 13.7. The fourth-order valence-corrected chi connectivity index (χ4v) is 2.21. The van der Waals surface area contributed by atoms with Crippen molar-refractivity contribution in [3.63, 3.8) is 0 Å². The number of likely N-dealkylation sites (tertiary alicyclic amines) is 1. The van der Waals surface area contributed by atoms with Crippen LogP contribution in [0, 0.1) is 11.8 Å². The molecular weight excluding hydrogens is 214 g/mol. The minimum Gasteiger partial charge on any atom is -0.380 e. The number of Topliss-reactive ketones (excluding diaryl/α,β-unsaturated/α-hetero) is 1. The van der Waals surface area contributed by atoms with Gasteiger partial charge >= 0.3 is 0 Å². The molecule has 0 spiro atoms. The Morgan fingerprint density at radius 3 is 2.82 bits per heavy atom. The van der Waals surface area contributed by atoms with E-state index in [1.54, 1.807) is 6.92 Å². The van der Waals surface area contributed by atoms with Gasteiger partial charge in [0.15, 0.2) is 0 Å². The topological polar surface area (TPSA) is 29.5 Å². The summed E-state index contributed by atoms with van der Waals surface area (Å²) >= 11 is 0. The highest BCUT2D eigenvalue weighted by Gasteiger charge is 2.22. The van der Waals surface area contributed by atoms with E-state index in [1.165, 1.54) is 0 Å². The summed E-state index contributed by atoms with van der Waals surface area (Å²) in [5, 5.41) is 0. The zero-order valence-electron chi connectivity index (χ0n) is 11.6. The van der Waals surface area contributed by atoms with Crippen molar-refractivity contribution >= 4 is 5.78 Å². The van der Waals surface area contributed by atoms with Crippen LogP contribution in [0.1, 0.15) is 40.0 Å². The molecule has 1 heterocycles. The van der Waals surface area contributed by atoms with Crippen molar-refractivity contribution in [2.45, 2.75) is 40.0 Å². The van der Waals surface area contributed by atoms with Gasteiger partial charge in [-0.25, -0.2) is 0 Å². The van der Waals surface area contributed by atoms with Gasteiger partial charge in [-0.15, -0.1) is 0 Å². The lowest BCUT2D eigenvalue weighted by Crippen LogP contribution is -2.39. The number of piperidine rings is 1. The first-order valence-electron chi connectivity index (χ1n) is 6.90. The molecule has 3 nitrogen and oxygen atoms in total. The summed E-state index contributed by atoms with van der Waals surface area (Å²) in [5.74, 6) is 1.32. The van der Waals surface area contributed by atoms with Crippen LogP contribution in [0.25, 0.3) is 0 Å². The number of carbonyl (C=O) groups is 1. The predicted octanol–water partition coefficient (Wildman–Crippen LogP) is 2.35. The molecule has 0 aliphatic carbocycles. The van der Waals surface area contributed by atoms with Crippen molar-refractivity contribution in [1.82, 2.24) is 4.90 Å². The molecule has 1 aliphatic rings. The van der Waals surface area contributed by atoms with Crippen LogP contribution in [0.3, 0.4) is 0 Å². The van der Waals surface area contributed by atoms with Gasteiger partial charge in [-0.05, 0) is 38.6 Å². The van der Waals surface area contributed by atoms with Crippen LogP contribution in [0.2, 0.25) is 0 Å². The monoisotopic (exact) mass is 241 g/mol. The van der Waals surface area contributed by atoms with Gasteiger partial charge in [0, 0.05) is 25.6 Å². The maximum absolute atomic E-state index is 11.3. The molecule has 1 aliphatic heterocycles. The molecule has 1 unspecified atom stereocenters. The minimum absolute atomic E-state index is 0.263. The van der Waals surface area contributed by atoms with E-state index in [9.17, 15) is 4.79 Å².